The van der Waals surface area contributed by atoms with E-state index in [9.17, 15) is 0 Å². The lowest BCUT2D eigenvalue weighted by Gasteiger charge is -2.53. The Labute approximate surface area is 593 Å². The van der Waals surface area contributed by atoms with Gasteiger partial charge in [-0.05, 0) is 59.9 Å². The monoisotopic (exact) mass is 1440 g/mol. The smallest absolute Gasteiger partial charge is 0.399 e. The second-order valence-corrected chi connectivity index (χ2v) is 34.1. The molecule has 1 fully saturated rings. The molecule has 0 saturated heterocycles. The summed E-state index contributed by atoms with van der Waals surface area (Å²) in [6.07, 6.45) is -10.8. The number of phosphoric acid groups is 3. The van der Waals surface area contributed by atoms with Crippen molar-refractivity contribution in [2.24, 2.45) is 0 Å². The van der Waals surface area contributed by atoms with Gasteiger partial charge in [0.1, 0.15) is 50.2 Å². The molecule has 0 radical (unpaired) electrons. The Hall–Kier alpha value is -7.45. The van der Waals surface area contributed by atoms with Crippen LogP contribution in [-0.2, 0) is 131 Å². The van der Waals surface area contributed by atoms with Gasteiger partial charge in [0, 0.05) is 0 Å². The summed E-state index contributed by atoms with van der Waals surface area (Å²) < 4.78 is 147. The van der Waals surface area contributed by atoms with E-state index < -0.39 is 87.0 Å². The van der Waals surface area contributed by atoms with Gasteiger partial charge in [0.05, 0.1) is 52.9 Å². The second-order valence-electron chi connectivity index (χ2n) is 25.0. The van der Waals surface area contributed by atoms with Gasteiger partial charge < -0.3 is 23.4 Å². The Balaban J connectivity index is 1.17. The zero-order valence-corrected chi connectivity index (χ0v) is 60.4. The lowest BCUT2D eigenvalue weighted by molar-refractivity contribution is -0.263. The summed E-state index contributed by atoms with van der Waals surface area (Å²) in [6.45, 7) is 3.55. The van der Waals surface area contributed by atoms with Crippen LogP contribution in [-0.4, -0.2) is 58.5 Å². The molecule has 0 N–H and O–H groups in total. The first-order valence-corrected chi connectivity index (χ1v) is 39.7. The molecule has 10 aromatic rings. The third-order valence-corrected chi connectivity index (χ3v) is 25.9. The van der Waals surface area contributed by atoms with Crippen LogP contribution >= 0.6 is 23.5 Å². The van der Waals surface area contributed by atoms with Crippen molar-refractivity contribution in [3.8, 4) is 0 Å². The predicted octanol–water partition coefficient (Wildman–Crippen LogP) is 17.8. The number of hydrogen-bond acceptors (Lipinski definition) is 17. The van der Waals surface area contributed by atoms with Gasteiger partial charge in [0.25, 0.3) is 8.32 Å². The van der Waals surface area contributed by atoms with E-state index >= 15 is 13.7 Å². The van der Waals surface area contributed by atoms with E-state index in [-0.39, 0.29) is 52.9 Å². The highest BCUT2D eigenvalue weighted by Crippen LogP contribution is 2.61. The Morgan fingerprint density at radius 3 is 0.683 bits per heavy atom. The lowest BCUT2D eigenvalue weighted by atomic mass is 9.84. The minimum atomic E-state index is -5.16. The van der Waals surface area contributed by atoms with E-state index in [2.05, 4.69) is 20.8 Å². The highest BCUT2D eigenvalue weighted by atomic mass is 31.2. The van der Waals surface area contributed by atoms with Crippen LogP contribution in [0.4, 0.5) is 0 Å². The molecule has 1 aliphatic rings. The standard InChI is InChI=1S/C80H85O17P3Si/c1-80(2,3)101(72-50-30-12-31-51-72,73-52-32-13-33-53-73)97-79-74(86-62-84-54-64-34-14-4-15-35-64)76(94-98(81,88-56-66-38-18-6-19-39-66)89-57-67-40-20-7-21-41-67)78(96-100(83,92-60-70-46-26-10-27-47-70)93-61-71-48-28-11-29-49-71)77(75(79)87-63-85-55-65-36-16-5-17-37-65)95-99(82,90-58-68-42-22-8-23-43-68)91-59-69-44-24-9-25-45-69/h4-53,74-79H,54-63H2,1-3H3/t74-,75-,76-,77+,78?,79?/m1/s1. The fraction of sp³-hybridized carbons (Fsp3) is 0.250. The molecule has 0 spiro atoms. The van der Waals surface area contributed by atoms with E-state index in [4.69, 9.17) is 64.1 Å². The zero-order chi connectivity index (χ0) is 70.1. The number of phosphoric ester groups is 3. The van der Waals surface area contributed by atoms with Crippen LogP contribution in [0.25, 0.3) is 0 Å². The average molecular weight is 1440 g/mol. The van der Waals surface area contributed by atoms with Crippen molar-refractivity contribution >= 4 is 42.2 Å². The zero-order valence-electron chi connectivity index (χ0n) is 56.7. The van der Waals surface area contributed by atoms with Gasteiger partial charge in [-0.25, -0.2) is 13.7 Å². The van der Waals surface area contributed by atoms with Gasteiger partial charge in [-0.1, -0.05) is 324 Å². The summed E-state index contributed by atoms with van der Waals surface area (Å²) in [7, 11) is -19.4. The molecule has 1 aliphatic carbocycles. The fourth-order valence-corrected chi connectivity index (χ4v) is 20.5. The number of ether oxygens (including phenoxy) is 4. The highest BCUT2D eigenvalue weighted by molar-refractivity contribution is 7.49. The maximum atomic E-state index is 16.8. The van der Waals surface area contributed by atoms with Gasteiger partial charge in [0.2, 0.25) is 0 Å². The van der Waals surface area contributed by atoms with Crippen LogP contribution in [0.3, 0.4) is 0 Å². The molecule has 11 rings (SSSR count). The van der Waals surface area contributed by atoms with Crippen LogP contribution in [0.5, 0.6) is 0 Å². The molecule has 6 atom stereocenters. The summed E-state index contributed by atoms with van der Waals surface area (Å²) in [5, 5.41) is 0.860. The molecule has 17 nitrogen and oxygen atoms in total. The average Bonchev–Trinajstić information content (AvgIpc) is 0.724. The van der Waals surface area contributed by atoms with E-state index in [1.54, 1.807) is 72.8 Å². The van der Waals surface area contributed by atoms with Crippen molar-refractivity contribution in [3.05, 3.63) is 348 Å². The Morgan fingerprint density at radius 2 is 0.465 bits per heavy atom. The minimum absolute atomic E-state index is 0.0631. The van der Waals surface area contributed by atoms with Crippen LogP contribution in [0.1, 0.15) is 65.3 Å². The largest absolute Gasteiger partial charge is 0.475 e. The van der Waals surface area contributed by atoms with Gasteiger partial charge in [-0.15, -0.1) is 0 Å². The maximum absolute atomic E-state index is 16.8. The van der Waals surface area contributed by atoms with E-state index in [1.165, 1.54) is 0 Å². The molecule has 21 heteroatoms. The Kier molecular flexibility index (Phi) is 27.5. The van der Waals surface area contributed by atoms with Gasteiger partial charge in [-0.3, -0.25) is 40.7 Å². The molecule has 101 heavy (non-hydrogen) atoms. The first-order chi connectivity index (χ1) is 49.2. The summed E-state index contributed by atoms with van der Waals surface area (Å²) in [5.41, 5.74) is 5.26. The number of rotatable bonds is 38. The second kappa shape index (κ2) is 37.1. The predicted molar refractivity (Wildman–Crippen MR) is 389 cm³/mol. The van der Waals surface area contributed by atoms with E-state index in [0.29, 0.717) is 33.4 Å². The molecule has 0 aromatic heterocycles. The summed E-state index contributed by atoms with van der Waals surface area (Å²) in [5.74, 6) is 0. The first-order valence-electron chi connectivity index (χ1n) is 33.5. The van der Waals surface area contributed by atoms with E-state index in [1.807, 2.05) is 231 Å². The Morgan fingerprint density at radius 1 is 0.267 bits per heavy atom. The normalized spacial score (nSPS) is 17.5. The SMILES string of the molecule is CC(C)(C)[Si](OC1[C@H](OCOCc2ccccc2)[C@H](OP(=O)(OCc2ccccc2)OCc2ccccc2)C(OP(=O)(OCc2ccccc2)OCc2ccccc2)[C@H](OP(=O)(OCc2ccccc2)OCc2ccccc2)[C@H]1OCOCc1ccccc1)(c1ccccc1)c1ccccc1. The molecule has 526 valence electrons. The van der Waals surface area contributed by atoms with Crippen molar-refractivity contribution in [2.75, 3.05) is 13.6 Å². The molecular formula is C80H85O17P3Si. The van der Waals surface area contributed by atoms with Crippen molar-refractivity contribution in [1.29, 1.82) is 0 Å². The minimum Gasteiger partial charge on any atom is -0.399 e. The van der Waals surface area contributed by atoms with Crippen molar-refractivity contribution in [3.63, 3.8) is 0 Å². The van der Waals surface area contributed by atoms with Gasteiger partial charge in [0.15, 0.2) is 0 Å². The molecular weight excluding hydrogens is 1350 g/mol. The van der Waals surface area contributed by atoms with Crippen molar-refractivity contribution < 1.29 is 77.8 Å². The summed E-state index contributed by atoms with van der Waals surface area (Å²) >= 11 is 0. The maximum Gasteiger partial charge on any atom is 0.475 e. The summed E-state index contributed by atoms with van der Waals surface area (Å²) in [4.78, 5) is 0. The van der Waals surface area contributed by atoms with Crippen molar-refractivity contribution in [1.82, 2.24) is 0 Å². The third kappa shape index (κ3) is 21.6. The first kappa shape index (κ1) is 74.7. The molecule has 0 amide bonds. The highest BCUT2D eigenvalue weighted by Gasteiger charge is 2.64. The number of hydrogen-bond donors (Lipinski definition) is 0. The topological polar surface area (TPSA) is 180 Å². The molecule has 0 heterocycles. The van der Waals surface area contributed by atoms with Crippen molar-refractivity contribution in [2.45, 2.75) is 115 Å². The summed E-state index contributed by atoms with van der Waals surface area (Å²) in [6, 6.07) is 93.2. The Bertz CT molecular complexity index is 3820. The van der Waals surface area contributed by atoms with Crippen LogP contribution < -0.4 is 10.4 Å². The molecule has 0 bridgehead atoms. The molecule has 10 aromatic carbocycles. The number of benzene rings is 10. The molecule has 2 unspecified atom stereocenters. The molecule has 1 saturated carbocycles. The van der Waals surface area contributed by atoms with E-state index in [0.717, 1.165) is 21.5 Å². The van der Waals surface area contributed by atoms with Crippen LogP contribution in [0.15, 0.2) is 303 Å². The van der Waals surface area contributed by atoms with Crippen LogP contribution in [0.2, 0.25) is 5.04 Å². The van der Waals surface area contributed by atoms with Crippen LogP contribution in [0, 0.1) is 0 Å². The third-order valence-electron chi connectivity index (χ3n) is 16.7. The quantitative estimate of drug-likeness (QED) is 0.0154. The van der Waals surface area contributed by atoms with Gasteiger partial charge in [-0.2, -0.15) is 0 Å². The van der Waals surface area contributed by atoms with Gasteiger partial charge >= 0.3 is 23.5 Å². The fourth-order valence-electron chi connectivity index (χ4n) is 11.7. The molecule has 0 aliphatic heterocycles. The lowest BCUT2D eigenvalue weighted by Crippen LogP contribution is -2.74.